The molecule has 0 aliphatic carbocycles. The number of H-pyrrole nitrogens is 1. The van der Waals surface area contributed by atoms with Crippen LogP contribution >= 0.6 is 15.9 Å². The van der Waals surface area contributed by atoms with E-state index in [0.717, 1.165) is 28.0 Å². The van der Waals surface area contributed by atoms with Crippen molar-refractivity contribution in [2.24, 2.45) is 4.99 Å². The second kappa shape index (κ2) is 10.0. The second-order valence-corrected chi connectivity index (χ2v) is 7.24. The Labute approximate surface area is 173 Å². The summed E-state index contributed by atoms with van der Waals surface area (Å²) in [6.45, 7) is 5.31. The zero-order chi connectivity index (χ0) is 19.8. The topological polar surface area (TPSA) is 72.4 Å². The summed E-state index contributed by atoms with van der Waals surface area (Å²) in [5.74, 6) is 2.57. The maximum absolute atomic E-state index is 5.88. The Bertz CT molecular complexity index is 895. The molecular formula is C21H23BrN4O2. The summed E-state index contributed by atoms with van der Waals surface area (Å²) in [6, 6.07) is 14.0. The first-order valence-corrected chi connectivity index (χ1v) is 9.99. The van der Waals surface area contributed by atoms with E-state index in [1.54, 1.807) is 6.21 Å². The van der Waals surface area contributed by atoms with Gasteiger partial charge in [-0.1, -0.05) is 41.9 Å². The molecule has 2 aromatic carbocycles. The van der Waals surface area contributed by atoms with Crippen molar-refractivity contribution >= 4 is 28.1 Å². The summed E-state index contributed by atoms with van der Waals surface area (Å²) in [5, 5.41) is 6.47. The first kappa shape index (κ1) is 20.1. The molecule has 0 amide bonds. The lowest BCUT2D eigenvalue weighted by Crippen LogP contribution is -2.10. The van der Waals surface area contributed by atoms with Gasteiger partial charge in [-0.15, -0.1) is 0 Å². The van der Waals surface area contributed by atoms with Gasteiger partial charge in [-0.2, -0.15) is 10.1 Å². The smallest absolute Gasteiger partial charge is 0.245 e. The van der Waals surface area contributed by atoms with Gasteiger partial charge in [0.1, 0.15) is 31.0 Å². The fourth-order valence-corrected chi connectivity index (χ4v) is 2.96. The fraction of sp³-hybridized carbons (Fsp3) is 0.286. The lowest BCUT2D eigenvalue weighted by molar-refractivity contribution is 0.217. The lowest BCUT2D eigenvalue weighted by atomic mass is 9.99. The third kappa shape index (κ3) is 5.66. The van der Waals surface area contributed by atoms with Crippen molar-refractivity contribution < 1.29 is 9.47 Å². The lowest BCUT2D eigenvalue weighted by Gasteiger charge is -2.12. The van der Waals surface area contributed by atoms with E-state index in [-0.39, 0.29) is 0 Å². The highest BCUT2D eigenvalue weighted by Gasteiger charge is 2.05. The molecule has 0 saturated carbocycles. The highest BCUT2D eigenvalue weighted by atomic mass is 79.9. The van der Waals surface area contributed by atoms with Crippen molar-refractivity contribution in [3.05, 3.63) is 64.4 Å². The van der Waals surface area contributed by atoms with Crippen molar-refractivity contribution in [3.63, 3.8) is 0 Å². The van der Waals surface area contributed by atoms with Crippen LogP contribution in [0.3, 0.4) is 0 Å². The molecule has 0 bridgehead atoms. The zero-order valence-corrected chi connectivity index (χ0v) is 17.5. The predicted octanol–water partition coefficient (Wildman–Crippen LogP) is 5.29. The van der Waals surface area contributed by atoms with Crippen LogP contribution in [0, 0.1) is 0 Å². The van der Waals surface area contributed by atoms with Gasteiger partial charge in [-0.25, -0.2) is 10.1 Å². The third-order valence-electron chi connectivity index (χ3n) is 4.37. The van der Waals surface area contributed by atoms with Crippen LogP contribution < -0.4 is 9.47 Å². The number of hydrogen-bond acceptors (Lipinski definition) is 5. The molecule has 3 aromatic rings. The van der Waals surface area contributed by atoms with Crippen LogP contribution in [-0.2, 0) is 0 Å². The third-order valence-corrected chi connectivity index (χ3v) is 4.86. The highest BCUT2D eigenvalue weighted by molar-refractivity contribution is 9.10. The Morgan fingerprint density at radius 3 is 2.64 bits per heavy atom. The molecule has 146 valence electrons. The van der Waals surface area contributed by atoms with Crippen molar-refractivity contribution in [1.29, 1.82) is 0 Å². The molecule has 28 heavy (non-hydrogen) atoms. The number of rotatable bonds is 9. The molecule has 1 N–H and O–H groups in total. The van der Waals surface area contributed by atoms with Crippen LogP contribution in [0.1, 0.15) is 37.3 Å². The van der Waals surface area contributed by atoms with Crippen LogP contribution in [-0.4, -0.2) is 34.6 Å². The van der Waals surface area contributed by atoms with Crippen LogP contribution in [0.25, 0.3) is 0 Å². The fourth-order valence-electron chi connectivity index (χ4n) is 2.58. The van der Waals surface area contributed by atoms with E-state index in [4.69, 9.17) is 9.47 Å². The molecule has 0 saturated heterocycles. The van der Waals surface area contributed by atoms with Crippen LogP contribution in [0.5, 0.6) is 11.5 Å². The van der Waals surface area contributed by atoms with Gasteiger partial charge in [0, 0.05) is 16.3 Å². The molecule has 0 spiro atoms. The number of aromatic nitrogens is 3. The highest BCUT2D eigenvalue weighted by Crippen LogP contribution is 2.23. The Kier molecular flexibility index (Phi) is 7.19. The minimum Gasteiger partial charge on any atom is -0.490 e. The number of aliphatic imine (C=N–C) groups is 1. The summed E-state index contributed by atoms with van der Waals surface area (Å²) in [5.41, 5.74) is 2.17. The average molecular weight is 443 g/mol. The summed E-state index contributed by atoms with van der Waals surface area (Å²) in [7, 11) is 0. The van der Waals surface area contributed by atoms with Crippen molar-refractivity contribution in [3.8, 4) is 11.5 Å². The quantitative estimate of drug-likeness (QED) is 0.360. The van der Waals surface area contributed by atoms with Gasteiger partial charge in [0.2, 0.25) is 5.95 Å². The maximum Gasteiger partial charge on any atom is 0.245 e. The van der Waals surface area contributed by atoms with Crippen molar-refractivity contribution in [2.45, 2.75) is 26.2 Å². The van der Waals surface area contributed by atoms with E-state index < -0.39 is 0 Å². The molecule has 0 aliphatic heterocycles. The van der Waals surface area contributed by atoms with Crippen LogP contribution in [0.15, 0.2) is 58.3 Å². The number of nitrogens with one attached hydrogen (secondary N) is 1. The Balaban J connectivity index is 1.54. The number of aromatic amines is 1. The normalized spacial score (nSPS) is 12.2. The molecule has 1 atom stereocenters. The monoisotopic (exact) mass is 442 g/mol. The summed E-state index contributed by atoms with van der Waals surface area (Å²) in [6.07, 6.45) is 4.23. The van der Waals surface area contributed by atoms with E-state index in [1.165, 1.54) is 11.9 Å². The molecule has 6 nitrogen and oxygen atoms in total. The molecule has 1 heterocycles. The summed E-state index contributed by atoms with van der Waals surface area (Å²) >= 11 is 3.47. The Hall–Kier alpha value is -2.67. The molecule has 0 unspecified atom stereocenters. The Morgan fingerprint density at radius 1 is 1.14 bits per heavy atom. The summed E-state index contributed by atoms with van der Waals surface area (Å²) in [4.78, 5) is 8.23. The van der Waals surface area contributed by atoms with E-state index in [2.05, 4.69) is 62.1 Å². The largest absolute Gasteiger partial charge is 0.490 e. The van der Waals surface area contributed by atoms with Gasteiger partial charge in [0.05, 0.1) is 0 Å². The van der Waals surface area contributed by atoms with Gasteiger partial charge in [-0.05, 0) is 48.2 Å². The van der Waals surface area contributed by atoms with Gasteiger partial charge < -0.3 is 9.47 Å². The minimum atomic E-state index is 0.428. The van der Waals surface area contributed by atoms with Crippen molar-refractivity contribution in [1.82, 2.24) is 15.2 Å². The first-order valence-electron chi connectivity index (χ1n) is 9.20. The zero-order valence-electron chi connectivity index (χ0n) is 15.9. The number of ether oxygens (including phenoxy) is 2. The van der Waals surface area contributed by atoms with E-state index in [0.29, 0.717) is 25.1 Å². The standard InChI is InChI=1S/C21H23BrN4O2/c1-3-15(2)16-4-7-19(8-5-16)27-10-11-28-20-9-6-18(22)12-17(20)13-23-21-24-14-25-26-21/h4-9,12-15H,3,10-11H2,1-2H3,(H,24,25,26)/t15-/m0/s1. The molecular weight excluding hydrogens is 420 g/mol. The number of benzene rings is 2. The van der Waals surface area contributed by atoms with Gasteiger partial charge >= 0.3 is 0 Å². The molecule has 7 heteroatoms. The maximum atomic E-state index is 5.88. The molecule has 0 radical (unpaired) electrons. The number of halogens is 1. The molecule has 1 aromatic heterocycles. The second-order valence-electron chi connectivity index (χ2n) is 6.32. The Morgan fingerprint density at radius 2 is 1.93 bits per heavy atom. The number of nitrogens with zero attached hydrogens (tertiary/aromatic N) is 3. The molecule has 0 fully saturated rings. The van der Waals surface area contributed by atoms with Crippen molar-refractivity contribution in [2.75, 3.05) is 13.2 Å². The minimum absolute atomic E-state index is 0.428. The van der Waals surface area contributed by atoms with Crippen LogP contribution in [0.4, 0.5) is 5.95 Å². The summed E-state index contributed by atoms with van der Waals surface area (Å²) < 4.78 is 12.6. The molecule has 0 aliphatic rings. The van der Waals surface area contributed by atoms with Gasteiger partial charge in [0.15, 0.2) is 0 Å². The number of hydrogen-bond donors (Lipinski definition) is 1. The van der Waals surface area contributed by atoms with E-state index in [1.807, 2.05) is 30.3 Å². The SMILES string of the molecule is CC[C@H](C)c1ccc(OCCOc2ccc(Br)cc2C=Nc2ncn[nH]2)cc1. The molecule has 3 rings (SSSR count). The van der Waals surface area contributed by atoms with Crippen LogP contribution in [0.2, 0.25) is 0 Å². The van der Waals surface area contributed by atoms with E-state index in [9.17, 15) is 0 Å². The first-order chi connectivity index (χ1) is 13.7. The van der Waals surface area contributed by atoms with E-state index >= 15 is 0 Å². The predicted molar refractivity (Wildman–Crippen MR) is 114 cm³/mol. The van der Waals surface area contributed by atoms with Gasteiger partial charge in [-0.3, -0.25) is 0 Å². The average Bonchev–Trinajstić information content (AvgIpc) is 3.24. The van der Waals surface area contributed by atoms with Gasteiger partial charge in [0.25, 0.3) is 0 Å².